The van der Waals surface area contributed by atoms with Gasteiger partial charge in [0.05, 0.1) is 23.7 Å². The number of carbonyl (C=O) groups is 2. The second-order valence-electron chi connectivity index (χ2n) is 8.48. The molecule has 0 saturated carbocycles. The summed E-state index contributed by atoms with van der Waals surface area (Å²) in [5, 5.41) is 14.2. The molecule has 1 heterocycles. The van der Waals surface area contributed by atoms with Gasteiger partial charge in [-0.05, 0) is 29.9 Å². The number of aliphatic hydroxyl groups excluding tert-OH is 1. The van der Waals surface area contributed by atoms with E-state index in [2.05, 4.69) is 15.8 Å². The normalized spacial score (nSPS) is 12.0. The van der Waals surface area contributed by atoms with Gasteiger partial charge in [0.25, 0.3) is 0 Å². The summed E-state index contributed by atoms with van der Waals surface area (Å²) in [4.78, 5) is 37.3. The zero-order valence-corrected chi connectivity index (χ0v) is 19.5. The first-order valence-corrected chi connectivity index (χ1v) is 11.9. The van der Waals surface area contributed by atoms with Gasteiger partial charge in [0.1, 0.15) is 12.4 Å². The van der Waals surface area contributed by atoms with Crippen molar-refractivity contribution in [3.05, 3.63) is 78.1 Å². The molecule has 0 bridgehead atoms. The Morgan fingerprint density at radius 2 is 1.74 bits per heavy atom. The van der Waals surface area contributed by atoms with Crippen molar-refractivity contribution in [3.8, 4) is 0 Å². The number of hydrogen-bond acceptors (Lipinski definition) is 5. The molecule has 182 valence electrons. The van der Waals surface area contributed by atoms with Gasteiger partial charge in [-0.2, -0.15) is 0 Å². The lowest BCUT2D eigenvalue weighted by Gasteiger charge is -2.16. The molecule has 0 radical (unpaired) electrons. The first-order chi connectivity index (χ1) is 17.1. The molecule has 0 aliphatic rings. The van der Waals surface area contributed by atoms with Crippen molar-refractivity contribution in [3.63, 3.8) is 0 Å². The van der Waals surface area contributed by atoms with Gasteiger partial charge in [-0.15, -0.1) is 0 Å². The van der Waals surface area contributed by atoms with Crippen LogP contribution in [0, 0.1) is 0 Å². The molecule has 0 aliphatic heterocycles. The summed E-state index contributed by atoms with van der Waals surface area (Å²) in [5.41, 5.74) is 5.22. The molecule has 1 unspecified atom stereocenters. The first kappa shape index (κ1) is 24.4. The second-order valence-corrected chi connectivity index (χ2v) is 8.48. The smallest absolute Gasteiger partial charge is 0.246 e. The Kier molecular flexibility index (Phi) is 8.43. The van der Waals surface area contributed by atoms with E-state index in [0.717, 1.165) is 40.2 Å². The summed E-state index contributed by atoms with van der Waals surface area (Å²) in [6.45, 7) is -0.256. The maximum absolute atomic E-state index is 12.0. The molecule has 1 aromatic heterocycles. The fourth-order valence-electron chi connectivity index (χ4n) is 4.08. The fourth-order valence-corrected chi connectivity index (χ4v) is 4.08. The number of imidazole rings is 1. The molecule has 4 rings (SSSR count). The van der Waals surface area contributed by atoms with Gasteiger partial charge in [-0.25, -0.2) is 10.5 Å². The second kappa shape index (κ2) is 12.1. The van der Waals surface area contributed by atoms with Gasteiger partial charge in [-0.3, -0.25) is 14.4 Å². The molecule has 0 spiro atoms. The number of benzene rings is 3. The van der Waals surface area contributed by atoms with Crippen LogP contribution in [0.25, 0.3) is 21.8 Å². The van der Waals surface area contributed by atoms with Crippen molar-refractivity contribution in [1.82, 2.24) is 20.8 Å². The standard InChI is InChI=1S/C27H30N4O4/c32-17-25(34)28-23(27-29-22-16-15-20-11-7-8-12-21(20)26(22)30-27)13-5-2-6-14-24(33)31-35-18-19-9-3-1-4-10-19/h1,3-4,7-12,15-16,23,32H,2,5-6,13-14,17-18H2,(H,28,34)(H,29,30)(H,31,33). The molecule has 2 amide bonds. The summed E-state index contributed by atoms with van der Waals surface area (Å²) >= 11 is 0. The number of hydroxylamine groups is 1. The average molecular weight is 475 g/mol. The van der Waals surface area contributed by atoms with Crippen LogP contribution in [0.5, 0.6) is 0 Å². The van der Waals surface area contributed by atoms with Crippen molar-refractivity contribution >= 4 is 33.6 Å². The van der Waals surface area contributed by atoms with Crippen LogP contribution in [0.4, 0.5) is 0 Å². The van der Waals surface area contributed by atoms with Crippen LogP contribution >= 0.6 is 0 Å². The number of fused-ring (bicyclic) bond motifs is 3. The minimum absolute atomic E-state index is 0.157. The number of rotatable bonds is 12. The summed E-state index contributed by atoms with van der Waals surface area (Å²) in [6, 6.07) is 21.3. The topological polar surface area (TPSA) is 116 Å². The van der Waals surface area contributed by atoms with Crippen LogP contribution in [0.1, 0.15) is 49.5 Å². The van der Waals surface area contributed by atoms with E-state index in [0.29, 0.717) is 31.7 Å². The minimum Gasteiger partial charge on any atom is -0.387 e. The Labute approximate surface area is 203 Å². The van der Waals surface area contributed by atoms with E-state index in [4.69, 9.17) is 9.82 Å². The summed E-state index contributed by atoms with van der Waals surface area (Å²) < 4.78 is 0. The Morgan fingerprint density at radius 3 is 2.57 bits per heavy atom. The highest BCUT2D eigenvalue weighted by molar-refractivity contribution is 6.04. The zero-order valence-electron chi connectivity index (χ0n) is 19.5. The van der Waals surface area contributed by atoms with Crippen molar-refractivity contribution in [2.24, 2.45) is 0 Å². The van der Waals surface area contributed by atoms with Gasteiger partial charge in [0.2, 0.25) is 11.8 Å². The molecular formula is C27H30N4O4. The van der Waals surface area contributed by atoms with Crippen molar-refractivity contribution in [2.45, 2.75) is 44.8 Å². The third-order valence-corrected chi connectivity index (χ3v) is 5.87. The Hall–Kier alpha value is -3.75. The highest BCUT2D eigenvalue weighted by Crippen LogP contribution is 2.27. The summed E-state index contributed by atoms with van der Waals surface area (Å²) in [5.74, 6) is 0.0516. The van der Waals surface area contributed by atoms with Gasteiger partial charge < -0.3 is 15.4 Å². The zero-order chi connectivity index (χ0) is 24.5. The molecule has 3 aromatic carbocycles. The van der Waals surface area contributed by atoms with Gasteiger partial charge in [-0.1, -0.05) is 73.5 Å². The van der Waals surface area contributed by atoms with E-state index in [-0.39, 0.29) is 11.9 Å². The number of nitrogens with zero attached hydrogens (tertiary/aromatic N) is 1. The highest BCUT2D eigenvalue weighted by Gasteiger charge is 2.19. The van der Waals surface area contributed by atoms with Gasteiger partial charge >= 0.3 is 0 Å². The Bertz CT molecular complexity index is 1270. The van der Waals surface area contributed by atoms with Gasteiger partial charge in [0.15, 0.2) is 0 Å². The SMILES string of the molecule is O=C(CCCCCC(NC(=O)CO)c1nc2c(ccc3ccccc32)[nH]1)NOCc1ccccc1. The van der Waals surface area contributed by atoms with E-state index < -0.39 is 12.5 Å². The number of carbonyl (C=O) groups excluding carboxylic acids is 2. The molecule has 4 aromatic rings. The molecule has 1 atom stereocenters. The van der Waals surface area contributed by atoms with Crippen LogP contribution in [0.3, 0.4) is 0 Å². The monoisotopic (exact) mass is 474 g/mol. The quantitative estimate of drug-likeness (QED) is 0.182. The lowest BCUT2D eigenvalue weighted by molar-refractivity contribution is -0.134. The molecule has 8 heteroatoms. The fraction of sp³-hybridized carbons (Fsp3) is 0.296. The van der Waals surface area contributed by atoms with E-state index in [1.54, 1.807) is 0 Å². The molecular weight excluding hydrogens is 444 g/mol. The summed E-state index contributed by atoms with van der Waals surface area (Å²) in [7, 11) is 0. The number of nitrogens with one attached hydrogen (secondary N) is 3. The molecule has 4 N–H and O–H groups in total. The lowest BCUT2D eigenvalue weighted by Crippen LogP contribution is -2.31. The highest BCUT2D eigenvalue weighted by atomic mass is 16.6. The predicted molar refractivity (Wildman–Crippen MR) is 134 cm³/mol. The first-order valence-electron chi connectivity index (χ1n) is 11.9. The van der Waals surface area contributed by atoms with Crippen molar-refractivity contribution < 1.29 is 19.5 Å². The lowest BCUT2D eigenvalue weighted by atomic mass is 10.1. The number of aliphatic hydroxyl groups is 1. The van der Waals surface area contributed by atoms with E-state index >= 15 is 0 Å². The van der Waals surface area contributed by atoms with E-state index in [9.17, 15) is 14.7 Å². The number of unbranched alkanes of at least 4 members (excludes halogenated alkanes) is 2. The molecule has 35 heavy (non-hydrogen) atoms. The van der Waals surface area contributed by atoms with Crippen LogP contribution in [-0.2, 0) is 21.0 Å². The Balaban J connectivity index is 1.28. The van der Waals surface area contributed by atoms with E-state index in [1.807, 2.05) is 66.7 Å². The van der Waals surface area contributed by atoms with Crippen LogP contribution in [0.15, 0.2) is 66.7 Å². The number of aromatic nitrogens is 2. The van der Waals surface area contributed by atoms with E-state index in [1.165, 1.54) is 0 Å². The number of hydrogen-bond donors (Lipinski definition) is 4. The van der Waals surface area contributed by atoms with Crippen molar-refractivity contribution in [2.75, 3.05) is 6.61 Å². The van der Waals surface area contributed by atoms with Crippen LogP contribution < -0.4 is 10.8 Å². The average Bonchev–Trinajstić information content (AvgIpc) is 3.33. The number of aromatic amines is 1. The predicted octanol–water partition coefficient (Wildman–Crippen LogP) is 4.06. The van der Waals surface area contributed by atoms with Crippen LogP contribution in [0.2, 0.25) is 0 Å². The maximum Gasteiger partial charge on any atom is 0.246 e. The third kappa shape index (κ3) is 6.65. The largest absolute Gasteiger partial charge is 0.387 e. The maximum atomic E-state index is 12.0. The van der Waals surface area contributed by atoms with Gasteiger partial charge in [0, 0.05) is 11.8 Å². The Morgan fingerprint density at radius 1 is 0.943 bits per heavy atom. The molecule has 0 aliphatic carbocycles. The molecule has 0 fully saturated rings. The van der Waals surface area contributed by atoms with Crippen LogP contribution in [-0.4, -0.2) is 33.5 Å². The minimum atomic E-state index is -0.581. The molecule has 0 saturated heterocycles. The summed E-state index contributed by atoms with van der Waals surface area (Å²) in [6.07, 6.45) is 3.29. The molecule has 8 nitrogen and oxygen atoms in total. The number of H-pyrrole nitrogens is 1. The number of amides is 2. The third-order valence-electron chi connectivity index (χ3n) is 5.87. The van der Waals surface area contributed by atoms with Crippen molar-refractivity contribution in [1.29, 1.82) is 0 Å².